The number of aliphatic hydroxyl groups is 2. The molecule has 1 aromatic rings. The van der Waals surface area contributed by atoms with Gasteiger partial charge in [0.05, 0.1) is 13.2 Å². The Hall–Kier alpha value is -2.24. The molecule has 6 N–H and O–H groups in total. The lowest BCUT2D eigenvalue weighted by atomic mass is 10.0. The van der Waals surface area contributed by atoms with Crippen molar-refractivity contribution in [3.05, 3.63) is 22.7 Å². The van der Waals surface area contributed by atoms with Gasteiger partial charge in [-0.3, -0.25) is 23.2 Å². The first kappa shape index (κ1) is 54.9. The van der Waals surface area contributed by atoms with Crippen LogP contribution in [-0.2, 0) is 46.3 Å². The van der Waals surface area contributed by atoms with E-state index in [1.54, 1.807) is 0 Å². The molecule has 1 aliphatic rings. The molecule has 18 nitrogen and oxygen atoms in total. The molecule has 0 aliphatic carbocycles. The maximum atomic E-state index is 12.8. The number of hydrogen-bond acceptors (Lipinski definition) is 15. The minimum Gasteiger partial charge on any atom is -0.462 e. The molecule has 1 aliphatic heterocycles. The Kier molecular flexibility index (Phi) is 27.0. The summed E-state index contributed by atoms with van der Waals surface area (Å²) in [6, 6.07) is 1.25. The van der Waals surface area contributed by atoms with Crippen LogP contribution in [-0.4, -0.2) is 85.7 Å². The van der Waals surface area contributed by atoms with E-state index >= 15 is 0 Å². The van der Waals surface area contributed by atoms with Gasteiger partial charge in [0.15, 0.2) is 12.3 Å². The van der Waals surface area contributed by atoms with Gasteiger partial charge in [-0.25, -0.2) is 13.9 Å². The van der Waals surface area contributed by atoms with Gasteiger partial charge in [-0.15, -0.1) is 0 Å². The quantitative estimate of drug-likeness (QED) is 0.0249. The van der Waals surface area contributed by atoms with Crippen LogP contribution in [0, 0.1) is 11.8 Å². The van der Waals surface area contributed by atoms with Crippen LogP contribution in [0.2, 0.25) is 0 Å². The molecule has 2 heterocycles. The van der Waals surface area contributed by atoms with Gasteiger partial charge in [-0.1, -0.05) is 137 Å². The molecule has 2 rings (SSSR count). The Bertz CT molecular complexity index is 1550. The molecule has 0 spiro atoms. The number of aliphatic hydroxyl groups excluding tert-OH is 2. The van der Waals surface area contributed by atoms with Crippen molar-refractivity contribution in [2.24, 2.45) is 11.8 Å². The average Bonchev–Trinajstić information content (AvgIpc) is 3.46. The van der Waals surface area contributed by atoms with E-state index in [4.69, 9.17) is 29.0 Å². The Morgan fingerprint density at radius 2 is 1.21 bits per heavy atom. The van der Waals surface area contributed by atoms with Crippen molar-refractivity contribution in [3.63, 3.8) is 0 Å². The van der Waals surface area contributed by atoms with Crippen LogP contribution in [0.15, 0.2) is 17.1 Å². The summed E-state index contributed by atoms with van der Waals surface area (Å²) in [5, 5.41) is 20.8. The van der Waals surface area contributed by atoms with Crippen molar-refractivity contribution in [2.45, 2.75) is 193 Å². The zero-order chi connectivity index (χ0) is 45.3. The predicted molar refractivity (Wildman–Crippen MR) is 229 cm³/mol. The molecule has 61 heavy (non-hydrogen) atoms. The van der Waals surface area contributed by atoms with Crippen LogP contribution in [0.1, 0.15) is 169 Å². The highest BCUT2D eigenvalue weighted by atomic mass is 31.3. The molecule has 3 unspecified atom stereocenters. The van der Waals surface area contributed by atoms with E-state index in [0.29, 0.717) is 18.8 Å². The van der Waals surface area contributed by atoms with Gasteiger partial charge in [0, 0.05) is 19.0 Å². The standard InChI is InChI=1S/C41H75N3O15P2/c1-31(2)22-18-14-10-6-5-7-12-16-20-24-36(45)54-28-33(57-37(46)25-21-17-13-9-8-11-15-19-23-32(3)4)29-55-60(50,51)59-61(52,53)56-30-34-38(47)39(48)40(58-34)44-27-26-35(42)43-41(44)49/h26-27,31-34,38-40,47-48H,5-25,28-30H2,1-4H3,(H,50,51)(H,52,53)(H2,42,43,49)/t33-,34-,38+,39?,40-/m1/s1. The number of nitrogens with zero attached hydrogens (tertiary/aromatic N) is 2. The van der Waals surface area contributed by atoms with Crippen molar-refractivity contribution < 1.29 is 66.3 Å². The molecule has 0 saturated carbocycles. The van der Waals surface area contributed by atoms with Crippen LogP contribution >= 0.6 is 15.6 Å². The van der Waals surface area contributed by atoms with Crippen molar-refractivity contribution in [1.29, 1.82) is 0 Å². The Labute approximate surface area is 361 Å². The number of phosphoric acid groups is 2. The molecule has 20 heteroatoms. The summed E-state index contributed by atoms with van der Waals surface area (Å²) in [4.78, 5) is 61.5. The molecule has 0 aromatic carbocycles. The first-order chi connectivity index (χ1) is 28.9. The molecular formula is C41H75N3O15P2. The maximum absolute atomic E-state index is 12.8. The Morgan fingerprint density at radius 1 is 0.738 bits per heavy atom. The monoisotopic (exact) mass is 911 g/mol. The average molecular weight is 912 g/mol. The summed E-state index contributed by atoms with van der Waals surface area (Å²) in [6.45, 7) is 6.64. The van der Waals surface area contributed by atoms with Crippen molar-refractivity contribution in [2.75, 3.05) is 25.6 Å². The third-order valence-corrected chi connectivity index (χ3v) is 12.9. The first-order valence-corrected chi connectivity index (χ1v) is 25.3. The number of nitrogens with two attached hydrogens (primary N) is 1. The second-order valence-electron chi connectivity index (χ2n) is 16.9. The van der Waals surface area contributed by atoms with Gasteiger partial charge in [-0.2, -0.15) is 9.29 Å². The predicted octanol–water partition coefficient (Wildman–Crippen LogP) is 7.65. The number of hydrogen-bond donors (Lipinski definition) is 5. The SMILES string of the molecule is CC(C)CCCCCCCCCCCC(=O)OC[C@H](COP(=O)(O)OP(=O)(O)OC[C@H]1O[C@@H](n2ccc(N)nc2=O)C(O)[C@H]1O)OC(=O)CCCCCCCCCCC(C)C. The lowest BCUT2D eigenvalue weighted by molar-refractivity contribution is -0.161. The normalized spacial score (nSPS) is 20.4. The third-order valence-electron chi connectivity index (χ3n) is 10.3. The van der Waals surface area contributed by atoms with Gasteiger partial charge in [-0.05, 0) is 30.7 Å². The number of unbranched alkanes of at least 4 members (excludes halogenated alkanes) is 15. The summed E-state index contributed by atoms with van der Waals surface area (Å²) in [5.41, 5.74) is 4.58. The molecule has 7 atom stereocenters. The summed E-state index contributed by atoms with van der Waals surface area (Å²) in [7, 11) is -10.8. The zero-order valence-electron chi connectivity index (χ0n) is 36.8. The zero-order valence-corrected chi connectivity index (χ0v) is 38.6. The van der Waals surface area contributed by atoms with Gasteiger partial charge in [0.1, 0.15) is 30.7 Å². The molecular weight excluding hydrogens is 836 g/mol. The largest absolute Gasteiger partial charge is 0.481 e. The number of esters is 2. The fourth-order valence-corrected chi connectivity index (χ4v) is 8.91. The molecule has 354 valence electrons. The summed E-state index contributed by atoms with van der Waals surface area (Å²) in [5.74, 6) is 0.163. The lowest BCUT2D eigenvalue weighted by Crippen LogP contribution is -2.36. The highest BCUT2D eigenvalue weighted by molar-refractivity contribution is 7.61. The smallest absolute Gasteiger partial charge is 0.462 e. The molecule has 0 radical (unpaired) electrons. The molecule has 1 fully saturated rings. The van der Waals surface area contributed by atoms with Crippen molar-refractivity contribution in [3.8, 4) is 0 Å². The maximum Gasteiger partial charge on any atom is 0.481 e. The third kappa shape index (κ3) is 25.0. The van der Waals surface area contributed by atoms with Gasteiger partial charge < -0.3 is 39.9 Å². The Balaban J connectivity index is 1.84. The number of phosphoric ester groups is 2. The second kappa shape index (κ2) is 30.0. The fourth-order valence-electron chi connectivity index (χ4n) is 6.80. The van der Waals surface area contributed by atoms with Crippen LogP contribution in [0.4, 0.5) is 5.82 Å². The van der Waals surface area contributed by atoms with E-state index in [1.165, 1.54) is 63.9 Å². The summed E-state index contributed by atoms with van der Waals surface area (Å²) < 4.78 is 56.5. The number of rotatable bonds is 35. The van der Waals surface area contributed by atoms with Gasteiger partial charge >= 0.3 is 33.3 Å². The number of nitrogen functional groups attached to an aromatic ring is 1. The van der Waals surface area contributed by atoms with Gasteiger partial charge in [0.2, 0.25) is 0 Å². The summed E-state index contributed by atoms with van der Waals surface area (Å²) >= 11 is 0. The van der Waals surface area contributed by atoms with E-state index in [1.807, 2.05) is 0 Å². The van der Waals surface area contributed by atoms with E-state index in [0.717, 1.165) is 68.0 Å². The Morgan fingerprint density at radius 3 is 1.72 bits per heavy atom. The fraction of sp³-hybridized carbons (Fsp3) is 0.854. The minimum atomic E-state index is -5.41. The van der Waals surface area contributed by atoms with Gasteiger partial charge in [0.25, 0.3) is 0 Å². The highest BCUT2D eigenvalue weighted by Gasteiger charge is 2.46. The van der Waals surface area contributed by atoms with E-state index in [9.17, 15) is 43.5 Å². The highest BCUT2D eigenvalue weighted by Crippen LogP contribution is 2.60. The van der Waals surface area contributed by atoms with Crippen molar-refractivity contribution in [1.82, 2.24) is 9.55 Å². The number of ether oxygens (including phenoxy) is 3. The van der Waals surface area contributed by atoms with Crippen molar-refractivity contribution >= 4 is 33.4 Å². The van der Waals surface area contributed by atoms with E-state index in [-0.39, 0.29) is 18.7 Å². The number of aromatic nitrogens is 2. The number of carbonyl (C=O) groups excluding carboxylic acids is 2. The first-order valence-electron chi connectivity index (χ1n) is 22.3. The van der Waals surface area contributed by atoms with Crippen LogP contribution < -0.4 is 11.4 Å². The van der Waals surface area contributed by atoms with Crippen LogP contribution in [0.3, 0.4) is 0 Å². The number of carbonyl (C=O) groups is 2. The number of anilines is 1. The van der Waals surface area contributed by atoms with Crippen LogP contribution in [0.5, 0.6) is 0 Å². The minimum absolute atomic E-state index is 0.0534. The lowest BCUT2D eigenvalue weighted by Gasteiger charge is -2.21. The summed E-state index contributed by atoms with van der Waals surface area (Å²) in [6.07, 6.45) is 13.9. The molecule has 1 aromatic heterocycles. The van der Waals surface area contributed by atoms with E-state index < -0.39 is 83.7 Å². The molecule has 1 saturated heterocycles. The second-order valence-corrected chi connectivity index (χ2v) is 19.9. The topological polar surface area (TPSA) is 265 Å². The van der Waals surface area contributed by atoms with Crippen LogP contribution in [0.25, 0.3) is 0 Å². The van der Waals surface area contributed by atoms with E-state index in [2.05, 4.69) is 37.0 Å². The molecule has 0 bridgehead atoms. The molecule has 0 amide bonds.